The molecule has 0 spiro atoms. The number of carbonyl (C=O) groups excluding carboxylic acids is 1. The van der Waals surface area contributed by atoms with Crippen LogP contribution in [-0.2, 0) is 4.79 Å². The van der Waals surface area contributed by atoms with E-state index in [1.54, 1.807) is 12.1 Å². The first-order valence-electron chi connectivity index (χ1n) is 6.69. The number of carboxylic acids is 1. The van der Waals surface area contributed by atoms with E-state index in [0.29, 0.717) is 35.5 Å². The summed E-state index contributed by atoms with van der Waals surface area (Å²) in [6.07, 6.45) is 4.65. The van der Waals surface area contributed by atoms with Gasteiger partial charge in [-0.2, -0.15) is 0 Å². The molecule has 1 saturated carbocycles. The standard InChI is InChI=1S/C14H17BrN2O3/c15-12-6-5-11(8-16-12)13(18)17-7-9-1-3-10(4-2-9)14(19)20/h5-6,8-10H,1-4,7H2,(H,17,18)(H,19,20). The lowest BCUT2D eigenvalue weighted by molar-refractivity contribution is -0.143. The van der Waals surface area contributed by atoms with Gasteiger partial charge < -0.3 is 10.4 Å². The molecule has 0 aromatic carbocycles. The fourth-order valence-corrected chi connectivity index (χ4v) is 2.70. The first-order valence-corrected chi connectivity index (χ1v) is 7.48. The van der Waals surface area contributed by atoms with E-state index in [0.717, 1.165) is 12.8 Å². The highest BCUT2D eigenvalue weighted by molar-refractivity contribution is 9.10. The predicted molar refractivity (Wildman–Crippen MR) is 77.4 cm³/mol. The zero-order valence-electron chi connectivity index (χ0n) is 11.0. The Hall–Kier alpha value is -1.43. The number of nitrogens with one attached hydrogen (secondary N) is 1. The van der Waals surface area contributed by atoms with Crippen LogP contribution in [0.25, 0.3) is 0 Å². The molecule has 0 atom stereocenters. The van der Waals surface area contributed by atoms with Crippen molar-refractivity contribution in [2.24, 2.45) is 11.8 Å². The van der Waals surface area contributed by atoms with E-state index in [9.17, 15) is 9.59 Å². The molecule has 1 fully saturated rings. The second kappa shape index (κ2) is 6.83. The van der Waals surface area contributed by atoms with Crippen LogP contribution in [0.2, 0.25) is 0 Å². The minimum atomic E-state index is -0.701. The molecule has 1 aliphatic rings. The lowest BCUT2D eigenvalue weighted by Crippen LogP contribution is -2.32. The minimum Gasteiger partial charge on any atom is -0.481 e. The number of hydrogen-bond donors (Lipinski definition) is 2. The molecule has 0 aliphatic heterocycles. The van der Waals surface area contributed by atoms with Crippen molar-refractivity contribution < 1.29 is 14.7 Å². The van der Waals surface area contributed by atoms with Crippen LogP contribution in [0.5, 0.6) is 0 Å². The van der Waals surface area contributed by atoms with Crippen molar-refractivity contribution in [3.8, 4) is 0 Å². The Morgan fingerprint density at radius 1 is 1.30 bits per heavy atom. The molecule has 20 heavy (non-hydrogen) atoms. The number of carbonyl (C=O) groups is 2. The van der Waals surface area contributed by atoms with Crippen molar-refractivity contribution in [3.63, 3.8) is 0 Å². The summed E-state index contributed by atoms with van der Waals surface area (Å²) in [5.74, 6) is -0.672. The number of hydrogen-bond acceptors (Lipinski definition) is 3. The molecule has 1 aliphatic carbocycles. The summed E-state index contributed by atoms with van der Waals surface area (Å²) in [5, 5.41) is 11.8. The van der Waals surface area contributed by atoms with Gasteiger partial charge in [-0.3, -0.25) is 9.59 Å². The van der Waals surface area contributed by atoms with Crippen LogP contribution in [0.1, 0.15) is 36.0 Å². The van der Waals surface area contributed by atoms with Crippen LogP contribution in [-0.4, -0.2) is 28.5 Å². The third kappa shape index (κ3) is 4.03. The van der Waals surface area contributed by atoms with Crippen molar-refractivity contribution in [3.05, 3.63) is 28.5 Å². The molecule has 0 unspecified atom stereocenters. The average Bonchev–Trinajstić information content (AvgIpc) is 2.46. The van der Waals surface area contributed by atoms with Gasteiger partial charge in [-0.1, -0.05) is 0 Å². The normalized spacial score (nSPS) is 22.2. The second-order valence-electron chi connectivity index (χ2n) is 5.14. The maximum absolute atomic E-state index is 11.9. The first kappa shape index (κ1) is 15.0. The molecule has 6 heteroatoms. The fourth-order valence-electron chi connectivity index (χ4n) is 2.46. The molecule has 0 bridgehead atoms. The van der Waals surface area contributed by atoms with E-state index in [1.807, 2.05) is 0 Å². The number of rotatable bonds is 4. The van der Waals surface area contributed by atoms with Crippen LogP contribution in [0.15, 0.2) is 22.9 Å². The zero-order valence-corrected chi connectivity index (χ0v) is 12.6. The smallest absolute Gasteiger partial charge is 0.306 e. The molecule has 0 radical (unpaired) electrons. The van der Waals surface area contributed by atoms with Crippen LogP contribution in [0.4, 0.5) is 0 Å². The fraction of sp³-hybridized carbons (Fsp3) is 0.500. The van der Waals surface area contributed by atoms with E-state index in [1.165, 1.54) is 6.20 Å². The molecule has 1 heterocycles. The van der Waals surface area contributed by atoms with Gasteiger partial charge in [0.15, 0.2) is 0 Å². The Kier molecular flexibility index (Phi) is 5.11. The van der Waals surface area contributed by atoms with Crippen LogP contribution in [0, 0.1) is 11.8 Å². The van der Waals surface area contributed by atoms with E-state index in [2.05, 4.69) is 26.2 Å². The summed E-state index contributed by atoms with van der Waals surface area (Å²) in [6, 6.07) is 3.45. The third-order valence-corrected chi connectivity index (χ3v) is 4.21. The van der Waals surface area contributed by atoms with Crippen molar-refractivity contribution in [2.75, 3.05) is 6.54 Å². The SMILES string of the molecule is O=C(NCC1CCC(C(=O)O)CC1)c1ccc(Br)nc1. The number of nitrogens with zero attached hydrogens (tertiary/aromatic N) is 1. The number of aliphatic carboxylic acids is 1. The molecule has 0 saturated heterocycles. The quantitative estimate of drug-likeness (QED) is 0.825. The number of pyridine rings is 1. The average molecular weight is 341 g/mol. The minimum absolute atomic E-state index is 0.134. The molecule has 2 rings (SSSR count). The van der Waals surface area contributed by atoms with Gasteiger partial charge in [0.1, 0.15) is 4.60 Å². The summed E-state index contributed by atoms with van der Waals surface area (Å²) >= 11 is 3.22. The van der Waals surface area contributed by atoms with E-state index in [-0.39, 0.29) is 11.8 Å². The van der Waals surface area contributed by atoms with E-state index in [4.69, 9.17) is 5.11 Å². The van der Waals surface area contributed by atoms with Crippen molar-refractivity contribution in [1.82, 2.24) is 10.3 Å². The summed E-state index contributed by atoms with van der Waals surface area (Å²) in [4.78, 5) is 26.8. The summed E-state index contributed by atoms with van der Waals surface area (Å²) in [7, 11) is 0. The first-order chi connectivity index (χ1) is 9.56. The van der Waals surface area contributed by atoms with Gasteiger partial charge in [-0.25, -0.2) is 4.98 Å². The molecule has 1 aromatic heterocycles. The van der Waals surface area contributed by atoms with Crippen molar-refractivity contribution >= 4 is 27.8 Å². The van der Waals surface area contributed by atoms with Gasteiger partial charge in [0.2, 0.25) is 0 Å². The summed E-state index contributed by atoms with van der Waals surface area (Å²) in [5.41, 5.74) is 0.535. The predicted octanol–water partition coefficient (Wildman–Crippen LogP) is 2.46. The third-order valence-electron chi connectivity index (χ3n) is 3.74. The Morgan fingerprint density at radius 3 is 2.55 bits per heavy atom. The van der Waals surface area contributed by atoms with Crippen molar-refractivity contribution in [1.29, 1.82) is 0 Å². The molecular formula is C14H17BrN2O3. The molecule has 2 N–H and O–H groups in total. The maximum Gasteiger partial charge on any atom is 0.306 e. The van der Waals surface area contributed by atoms with Crippen LogP contribution in [0.3, 0.4) is 0 Å². The molecular weight excluding hydrogens is 324 g/mol. The lowest BCUT2D eigenvalue weighted by Gasteiger charge is -2.26. The number of carboxylic acid groups (broad SMARTS) is 1. The Labute approximate surface area is 125 Å². The van der Waals surface area contributed by atoms with Gasteiger partial charge in [0.05, 0.1) is 11.5 Å². The lowest BCUT2D eigenvalue weighted by atomic mass is 9.82. The number of halogens is 1. The van der Waals surface area contributed by atoms with Crippen LogP contribution >= 0.6 is 15.9 Å². The highest BCUT2D eigenvalue weighted by Gasteiger charge is 2.26. The molecule has 5 nitrogen and oxygen atoms in total. The van der Waals surface area contributed by atoms with Gasteiger partial charge >= 0.3 is 5.97 Å². The van der Waals surface area contributed by atoms with Gasteiger partial charge in [0, 0.05) is 12.7 Å². The second-order valence-corrected chi connectivity index (χ2v) is 5.95. The Bertz CT molecular complexity index is 482. The van der Waals surface area contributed by atoms with Gasteiger partial charge in [0.25, 0.3) is 5.91 Å². The molecule has 1 amide bonds. The maximum atomic E-state index is 11.9. The number of amides is 1. The summed E-state index contributed by atoms with van der Waals surface area (Å²) < 4.78 is 0.695. The van der Waals surface area contributed by atoms with Gasteiger partial charge in [-0.05, 0) is 59.7 Å². The van der Waals surface area contributed by atoms with Crippen molar-refractivity contribution in [2.45, 2.75) is 25.7 Å². The van der Waals surface area contributed by atoms with E-state index < -0.39 is 5.97 Å². The topological polar surface area (TPSA) is 79.3 Å². The van der Waals surface area contributed by atoms with E-state index >= 15 is 0 Å². The number of aromatic nitrogens is 1. The zero-order chi connectivity index (χ0) is 14.5. The molecule has 108 valence electrons. The van der Waals surface area contributed by atoms with Gasteiger partial charge in [-0.15, -0.1) is 0 Å². The monoisotopic (exact) mass is 340 g/mol. The highest BCUT2D eigenvalue weighted by atomic mass is 79.9. The van der Waals surface area contributed by atoms with Crippen LogP contribution < -0.4 is 5.32 Å². The Balaban J connectivity index is 1.77. The summed E-state index contributed by atoms with van der Waals surface area (Å²) in [6.45, 7) is 0.598. The Morgan fingerprint density at radius 2 is 2.00 bits per heavy atom. The largest absolute Gasteiger partial charge is 0.481 e. The molecule has 1 aromatic rings. The highest BCUT2D eigenvalue weighted by Crippen LogP contribution is 2.28.